The molecule has 0 aromatic heterocycles. The monoisotopic (exact) mass is 481 g/mol. The average Bonchev–Trinajstić information content (AvgIpc) is 3.25. The molecule has 1 saturated carbocycles. The van der Waals surface area contributed by atoms with Crippen molar-refractivity contribution in [3.05, 3.63) is 62.5 Å². The van der Waals surface area contributed by atoms with Crippen molar-refractivity contribution in [1.29, 1.82) is 0 Å². The van der Waals surface area contributed by atoms with Gasteiger partial charge in [-0.05, 0) is 42.8 Å². The summed E-state index contributed by atoms with van der Waals surface area (Å²) < 4.78 is 6.08. The highest BCUT2D eigenvalue weighted by molar-refractivity contribution is 9.10. The molecule has 2 fully saturated rings. The lowest BCUT2D eigenvalue weighted by atomic mass is 9.89. The maximum atomic E-state index is 13.1. The molecule has 1 aliphatic carbocycles. The molecule has 2 aromatic rings. The van der Waals surface area contributed by atoms with Crippen LogP contribution in [0.1, 0.15) is 12.5 Å². The Kier molecular flexibility index (Phi) is 4.76. The summed E-state index contributed by atoms with van der Waals surface area (Å²) in [4.78, 5) is 40.2. The third-order valence-corrected chi connectivity index (χ3v) is 6.18. The molecular formula is C20H14BrCl2NO4. The van der Waals surface area contributed by atoms with Gasteiger partial charge in [0.15, 0.2) is 0 Å². The minimum absolute atomic E-state index is 0.159. The first kappa shape index (κ1) is 19.4. The maximum Gasteiger partial charge on any atom is 0.318 e. The van der Waals surface area contributed by atoms with E-state index in [-0.39, 0.29) is 6.61 Å². The van der Waals surface area contributed by atoms with Crippen LogP contribution in [0, 0.1) is 11.8 Å². The van der Waals surface area contributed by atoms with Gasteiger partial charge in [-0.15, -0.1) is 0 Å². The summed E-state index contributed by atoms with van der Waals surface area (Å²) in [5, 5.41) is 0.626. The van der Waals surface area contributed by atoms with Crippen LogP contribution in [-0.2, 0) is 24.5 Å². The smallest absolute Gasteiger partial charge is 0.318 e. The van der Waals surface area contributed by atoms with E-state index in [2.05, 4.69) is 15.9 Å². The van der Waals surface area contributed by atoms with Crippen molar-refractivity contribution in [2.45, 2.75) is 12.3 Å². The number of hydrogen-bond donors (Lipinski definition) is 0. The zero-order chi connectivity index (χ0) is 20.2. The van der Waals surface area contributed by atoms with Crippen molar-refractivity contribution >= 4 is 62.6 Å². The summed E-state index contributed by atoms with van der Waals surface area (Å²) in [5.74, 6) is -3.08. The zero-order valence-electron chi connectivity index (χ0n) is 14.6. The van der Waals surface area contributed by atoms with E-state index in [4.69, 9.17) is 27.9 Å². The molecule has 0 bridgehead atoms. The predicted molar refractivity (Wildman–Crippen MR) is 108 cm³/mol. The van der Waals surface area contributed by atoms with Gasteiger partial charge in [-0.2, -0.15) is 0 Å². The average molecular weight is 483 g/mol. The lowest BCUT2D eigenvalue weighted by Gasteiger charge is -2.25. The van der Waals surface area contributed by atoms with Crippen LogP contribution in [0.5, 0.6) is 0 Å². The first-order valence-electron chi connectivity index (χ1n) is 8.59. The Labute approximate surface area is 179 Å². The zero-order valence-corrected chi connectivity index (χ0v) is 17.7. The molecule has 2 amide bonds. The van der Waals surface area contributed by atoms with Gasteiger partial charge < -0.3 is 4.74 Å². The molecule has 28 heavy (non-hydrogen) atoms. The third kappa shape index (κ3) is 2.70. The Morgan fingerprint density at radius 1 is 1.07 bits per heavy atom. The number of halogens is 3. The van der Waals surface area contributed by atoms with Crippen molar-refractivity contribution in [3.63, 3.8) is 0 Å². The molecule has 2 aromatic carbocycles. The van der Waals surface area contributed by atoms with Gasteiger partial charge in [-0.3, -0.25) is 14.4 Å². The highest BCUT2D eigenvalue weighted by Gasteiger charge is 2.82. The number of carbonyl (C=O) groups is 3. The quantitative estimate of drug-likeness (QED) is 0.479. The van der Waals surface area contributed by atoms with E-state index >= 15 is 0 Å². The number of nitrogens with zero attached hydrogens (tertiary/aromatic N) is 1. The molecule has 1 saturated heterocycles. The number of rotatable bonds is 4. The van der Waals surface area contributed by atoms with Crippen LogP contribution in [0.2, 0.25) is 10.0 Å². The summed E-state index contributed by atoms with van der Waals surface area (Å²) in [6, 6.07) is 11.5. The van der Waals surface area contributed by atoms with Crippen molar-refractivity contribution < 1.29 is 19.1 Å². The molecule has 8 heteroatoms. The van der Waals surface area contributed by atoms with Gasteiger partial charge in [0.2, 0.25) is 11.8 Å². The number of amides is 2. The molecule has 1 heterocycles. The fraction of sp³-hybridized carbons (Fsp3) is 0.250. The van der Waals surface area contributed by atoms with Crippen LogP contribution in [0.3, 0.4) is 0 Å². The predicted octanol–water partition coefficient (Wildman–Crippen LogP) is 4.38. The second kappa shape index (κ2) is 6.87. The maximum absolute atomic E-state index is 13.1. The van der Waals surface area contributed by atoms with E-state index in [1.165, 1.54) is 18.2 Å². The molecule has 3 atom stereocenters. The molecular weight excluding hydrogens is 469 g/mol. The lowest BCUT2D eigenvalue weighted by molar-refractivity contribution is -0.149. The highest BCUT2D eigenvalue weighted by atomic mass is 79.9. The van der Waals surface area contributed by atoms with Crippen molar-refractivity contribution in [2.24, 2.45) is 11.8 Å². The number of esters is 1. The van der Waals surface area contributed by atoms with E-state index in [0.717, 1.165) is 9.37 Å². The van der Waals surface area contributed by atoms with E-state index in [9.17, 15) is 14.4 Å². The Morgan fingerprint density at radius 3 is 2.11 bits per heavy atom. The summed E-state index contributed by atoms with van der Waals surface area (Å²) in [7, 11) is 0. The summed E-state index contributed by atoms with van der Waals surface area (Å²) in [6.45, 7) is 1.85. The van der Waals surface area contributed by atoms with Gasteiger partial charge in [0.1, 0.15) is 5.41 Å². The second-order valence-electron chi connectivity index (χ2n) is 6.69. The largest absolute Gasteiger partial charge is 0.465 e. The van der Waals surface area contributed by atoms with Gasteiger partial charge in [0.05, 0.1) is 24.1 Å². The Bertz CT molecular complexity index is 966. The van der Waals surface area contributed by atoms with Gasteiger partial charge in [0.25, 0.3) is 0 Å². The van der Waals surface area contributed by atoms with Gasteiger partial charge in [-0.25, -0.2) is 4.90 Å². The van der Waals surface area contributed by atoms with Crippen LogP contribution in [0.4, 0.5) is 5.69 Å². The summed E-state index contributed by atoms with van der Waals surface area (Å²) in [5.41, 5.74) is -0.396. The van der Waals surface area contributed by atoms with Gasteiger partial charge >= 0.3 is 5.97 Å². The summed E-state index contributed by atoms with van der Waals surface area (Å²) >= 11 is 15.4. The van der Waals surface area contributed by atoms with Crippen LogP contribution in [0.15, 0.2) is 46.9 Å². The van der Waals surface area contributed by atoms with Gasteiger partial charge in [0, 0.05) is 14.5 Å². The Hall–Kier alpha value is -1.89. The van der Waals surface area contributed by atoms with Crippen LogP contribution >= 0.6 is 39.1 Å². The molecule has 144 valence electrons. The molecule has 5 nitrogen and oxygen atoms in total. The number of carbonyl (C=O) groups excluding carboxylic acids is 3. The number of imide groups is 1. The summed E-state index contributed by atoms with van der Waals surface area (Å²) in [6.07, 6.45) is 0. The fourth-order valence-corrected chi connectivity index (χ4v) is 4.86. The molecule has 1 unspecified atom stereocenters. The first-order valence-corrected chi connectivity index (χ1v) is 10.1. The molecule has 1 aliphatic heterocycles. The lowest BCUT2D eigenvalue weighted by Crippen LogP contribution is -2.42. The SMILES string of the molecule is CCOC(=O)[C@]1(c2ccc(Br)cc2)C2C(=O)N(c3cc(Cl)cc(Cl)c3)C(=O)[C@H]21. The van der Waals surface area contributed by atoms with Crippen molar-refractivity contribution in [3.8, 4) is 0 Å². The van der Waals surface area contributed by atoms with E-state index in [1.54, 1.807) is 31.2 Å². The van der Waals surface area contributed by atoms with E-state index in [1.807, 2.05) is 0 Å². The Balaban J connectivity index is 1.76. The first-order chi connectivity index (χ1) is 13.3. The number of hydrogen-bond acceptors (Lipinski definition) is 4. The van der Waals surface area contributed by atoms with Gasteiger partial charge in [-0.1, -0.05) is 51.3 Å². The minimum atomic E-state index is -1.29. The van der Waals surface area contributed by atoms with Crippen LogP contribution in [-0.4, -0.2) is 24.4 Å². The van der Waals surface area contributed by atoms with Crippen molar-refractivity contribution in [2.75, 3.05) is 11.5 Å². The second-order valence-corrected chi connectivity index (χ2v) is 8.48. The molecule has 0 spiro atoms. The number of benzene rings is 2. The fourth-order valence-electron chi connectivity index (χ4n) is 4.08. The normalized spacial score (nSPS) is 25.6. The minimum Gasteiger partial charge on any atom is -0.465 e. The number of piperidine rings is 1. The number of anilines is 1. The van der Waals surface area contributed by atoms with Crippen LogP contribution < -0.4 is 4.90 Å². The Morgan fingerprint density at radius 2 is 1.61 bits per heavy atom. The van der Waals surface area contributed by atoms with Crippen molar-refractivity contribution in [1.82, 2.24) is 0 Å². The topological polar surface area (TPSA) is 63.7 Å². The molecule has 4 rings (SSSR count). The number of fused-ring (bicyclic) bond motifs is 1. The third-order valence-electron chi connectivity index (χ3n) is 5.22. The molecule has 0 radical (unpaired) electrons. The molecule has 2 aliphatic rings. The highest BCUT2D eigenvalue weighted by Crippen LogP contribution is 2.65. The van der Waals surface area contributed by atoms with E-state index < -0.39 is 35.0 Å². The van der Waals surface area contributed by atoms with E-state index in [0.29, 0.717) is 21.3 Å². The standard InChI is InChI=1S/C20H14BrCl2NO4/c1-2-28-19(27)20(10-3-5-11(21)6-4-10)15-16(20)18(26)24(17(15)25)14-8-12(22)7-13(23)9-14/h3-9,15-16H,2H2,1H3/t15-,16?,20-/m0/s1. The molecule has 0 N–H and O–H groups in total. The van der Waals surface area contributed by atoms with Crippen LogP contribution in [0.25, 0.3) is 0 Å². The number of ether oxygens (including phenoxy) is 1.